The van der Waals surface area contributed by atoms with E-state index in [1.807, 2.05) is 0 Å². The molecule has 1 aromatic rings. The first-order chi connectivity index (χ1) is 7.32. The summed E-state index contributed by atoms with van der Waals surface area (Å²) >= 11 is 0. The molecular weight excluding hydrogens is 230 g/mol. The predicted octanol–water partition coefficient (Wildman–Crippen LogP) is 0.975. The van der Waals surface area contributed by atoms with Crippen LogP contribution in [0.5, 0.6) is 0 Å². The first-order valence-corrected chi connectivity index (χ1v) is 6.50. The Labute approximate surface area is 94.0 Å². The van der Waals surface area contributed by atoms with Crippen LogP contribution in [0.15, 0.2) is 29.2 Å². The Bertz CT molecular complexity index is 495. The minimum absolute atomic E-state index is 0.100. The Morgan fingerprint density at radius 2 is 1.94 bits per heavy atom. The van der Waals surface area contributed by atoms with Gasteiger partial charge in [0, 0.05) is 6.26 Å². The second-order valence-corrected chi connectivity index (χ2v) is 5.46. The van der Waals surface area contributed by atoms with Gasteiger partial charge in [-0.1, -0.05) is 12.1 Å². The molecule has 0 aliphatic carbocycles. The number of aliphatic carboxylic acids is 1. The Balaban J connectivity index is 3.10. The number of sulfone groups is 1. The van der Waals surface area contributed by atoms with Crippen LogP contribution in [0.4, 0.5) is 5.69 Å². The van der Waals surface area contributed by atoms with Gasteiger partial charge >= 0.3 is 5.97 Å². The fourth-order valence-electron chi connectivity index (χ4n) is 1.20. The van der Waals surface area contributed by atoms with Crippen molar-refractivity contribution in [1.29, 1.82) is 0 Å². The molecule has 0 bridgehead atoms. The van der Waals surface area contributed by atoms with Crippen molar-refractivity contribution in [2.24, 2.45) is 0 Å². The van der Waals surface area contributed by atoms with Crippen molar-refractivity contribution in [2.75, 3.05) is 11.6 Å². The Kier molecular flexibility index (Phi) is 3.54. The summed E-state index contributed by atoms with van der Waals surface area (Å²) in [5, 5.41) is 11.4. The molecule has 0 spiro atoms. The number of carboxylic acids is 1. The van der Waals surface area contributed by atoms with E-state index in [9.17, 15) is 13.2 Å². The van der Waals surface area contributed by atoms with Crippen LogP contribution in [0.25, 0.3) is 0 Å². The lowest BCUT2D eigenvalue weighted by molar-refractivity contribution is -0.137. The molecule has 0 aromatic heterocycles. The minimum atomic E-state index is -3.36. The first kappa shape index (κ1) is 12.5. The smallest absolute Gasteiger partial charge is 0.325 e. The van der Waals surface area contributed by atoms with Gasteiger partial charge < -0.3 is 10.4 Å². The van der Waals surface area contributed by atoms with E-state index in [1.165, 1.54) is 19.1 Å². The number of carbonyl (C=O) groups is 1. The summed E-state index contributed by atoms with van der Waals surface area (Å²) in [6, 6.07) is 5.36. The number of benzene rings is 1. The van der Waals surface area contributed by atoms with Crippen LogP contribution >= 0.6 is 0 Å². The molecule has 1 aromatic carbocycles. The average molecular weight is 243 g/mol. The molecule has 0 heterocycles. The van der Waals surface area contributed by atoms with E-state index in [4.69, 9.17) is 5.11 Å². The molecule has 5 nitrogen and oxygen atoms in total. The van der Waals surface area contributed by atoms with Gasteiger partial charge in [-0.05, 0) is 19.1 Å². The molecule has 1 atom stereocenters. The normalized spacial score (nSPS) is 13.1. The third-order valence-corrected chi connectivity index (χ3v) is 3.18. The fraction of sp³-hybridized carbons (Fsp3) is 0.300. The summed E-state index contributed by atoms with van der Waals surface area (Å²) in [4.78, 5) is 10.8. The zero-order chi connectivity index (χ0) is 12.3. The first-order valence-electron chi connectivity index (χ1n) is 4.61. The van der Waals surface area contributed by atoms with Gasteiger partial charge in [-0.25, -0.2) is 8.42 Å². The molecular formula is C10H13NO4S. The number of hydrogen-bond acceptors (Lipinski definition) is 4. The maximum Gasteiger partial charge on any atom is 0.325 e. The van der Waals surface area contributed by atoms with Gasteiger partial charge in [0.2, 0.25) is 0 Å². The lowest BCUT2D eigenvalue weighted by Crippen LogP contribution is -2.26. The zero-order valence-electron chi connectivity index (χ0n) is 8.97. The quantitative estimate of drug-likeness (QED) is 0.823. The molecule has 0 amide bonds. The molecule has 1 rings (SSSR count). The highest BCUT2D eigenvalue weighted by atomic mass is 32.2. The predicted molar refractivity (Wildman–Crippen MR) is 60.3 cm³/mol. The minimum Gasteiger partial charge on any atom is -0.480 e. The highest BCUT2D eigenvalue weighted by molar-refractivity contribution is 7.90. The lowest BCUT2D eigenvalue weighted by Gasteiger charge is -2.13. The SMILES string of the molecule is CC(Nc1ccccc1S(C)(=O)=O)C(=O)O. The Morgan fingerprint density at radius 3 is 2.44 bits per heavy atom. The molecule has 0 radical (unpaired) electrons. The number of anilines is 1. The van der Waals surface area contributed by atoms with Crippen LogP contribution in [-0.2, 0) is 14.6 Å². The highest BCUT2D eigenvalue weighted by Crippen LogP contribution is 2.21. The van der Waals surface area contributed by atoms with E-state index in [2.05, 4.69) is 5.32 Å². The maximum atomic E-state index is 11.4. The molecule has 0 saturated heterocycles. The van der Waals surface area contributed by atoms with E-state index in [-0.39, 0.29) is 4.90 Å². The molecule has 1 unspecified atom stereocenters. The number of hydrogen-bond donors (Lipinski definition) is 2. The van der Waals surface area contributed by atoms with Crippen molar-refractivity contribution in [3.05, 3.63) is 24.3 Å². The molecule has 16 heavy (non-hydrogen) atoms. The van der Waals surface area contributed by atoms with Crippen molar-refractivity contribution in [3.63, 3.8) is 0 Å². The van der Waals surface area contributed by atoms with Crippen LogP contribution in [0.1, 0.15) is 6.92 Å². The van der Waals surface area contributed by atoms with Gasteiger partial charge in [0.25, 0.3) is 0 Å². The van der Waals surface area contributed by atoms with E-state index in [1.54, 1.807) is 12.1 Å². The number of nitrogens with one attached hydrogen (secondary N) is 1. The molecule has 0 aliphatic rings. The second kappa shape index (κ2) is 4.52. The van der Waals surface area contributed by atoms with Gasteiger partial charge in [0.15, 0.2) is 9.84 Å². The Hall–Kier alpha value is -1.56. The van der Waals surface area contributed by atoms with Crippen molar-refractivity contribution in [3.8, 4) is 0 Å². The zero-order valence-corrected chi connectivity index (χ0v) is 9.78. The molecule has 6 heteroatoms. The summed E-state index contributed by atoms with van der Waals surface area (Å²) in [6.45, 7) is 1.45. The third kappa shape index (κ3) is 2.96. The van der Waals surface area contributed by atoms with Crippen molar-refractivity contribution < 1.29 is 18.3 Å². The summed E-state index contributed by atoms with van der Waals surface area (Å²) in [7, 11) is -3.36. The molecule has 2 N–H and O–H groups in total. The number of rotatable bonds is 4. The van der Waals surface area contributed by atoms with Gasteiger partial charge in [-0.3, -0.25) is 4.79 Å². The van der Waals surface area contributed by atoms with Crippen molar-refractivity contribution in [1.82, 2.24) is 0 Å². The summed E-state index contributed by atoms with van der Waals surface area (Å²) < 4.78 is 22.8. The van der Waals surface area contributed by atoms with E-state index in [0.717, 1.165) is 6.26 Å². The monoisotopic (exact) mass is 243 g/mol. The van der Waals surface area contributed by atoms with Crippen LogP contribution in [-0.4, -0.2) is 31.8 Å². The van der Waals surface area contributed by atoms with Crippen LogP contribution < -0.4 is 5.32 Å². The topological polar surface area (TPSA) is 83.5 Å². The molecule has 0 aliphatic heterocycles. The maximum absolute atomic E-state index is 11.4. The van der Waals surface area contributed by atoms with E-state index < -0.39 is 21.8 Å². The van der Waals surface area contributed by atoms with Crippen molar-refractivity contribution >= 4 is 21.5 Å². The molecule has 88 valence electrons. The number of carboxylic acid groups (broad SMARTS) is 1. The lowest BCUT2D eigenvalue weighted by atomic mass is 10.2. The van der Waals surface area contributed by atoms with Crippen molar-refractivity contribution in [2.45, 2.75) is 17.9 Å². The molecule has 0 fully saturated rings. The second-order valence-electron chi connectivity index (χ2n) is 3.47. The van der Waals surface area contributed by atoms with Gasteiger partial charge in [0.1, 0.15) is 6.04 Å². The summed E-state index contributed by atoms with van der Waals surface area (Å²) in [5.41, 5.74) is 0.305. The fourth-order valence-corrected chi connectivity index (χ4v) is 2.06. The van der Waals surface area contributed by atoms with E-state index >= 15 is 0 Å². The number of para-hydroxylation sites is 1. The van der Waals surface area contributed by atoms with Crippen LogP contribution in [0, 0.1) is 0 Å². The summed E-state index contributed by atoms with van der Waals surface area (Å²) in [6.07, 6.45) is 1.08. The highest BCUT2D eigenvalue weighted by Gasteiger charge is 2.16. The van der Waals surface area contributed by atoms with E-state index in [0.29, 0.717) is 5.69 Å². The van der Waals surface area contributed by atoms with Crippen LogP contribution in [0.3, 0.4) is 0 Å². The standard InChI is InChI=1S/C10H13NO4S/c1-7(10(12)13)11-8-5-3-4-6-9(8)16(2,14)15/h3-7,11H,1-2H3,(H,12,13). The van der Waals surface area contributed by atoms with Crippen LogP contribution in [0.2, 0.25) is 0 Å². The average Bonchev–Trinajstić information content (AvgIpc) is 2.16. The largest absolute Gasteiger partial charge is 0.480 e. The molecule has 0 saturated carbocycles. The van der Waals surface area contributed by atoms with Gasteiger partial charge in [-0.15, -0.1) is 0 Å². The Morgan fingerprint density at radius 1 is 1.38 bits per heavy atom. The third-order valence-electron chi connectivity index (χ3n) is 2.03. The van der Waals surface area contributed by atoms with Gasteiger partial charge in [-0.2, -0.15) is 0 Å². The summed E-state index contributed by atoms with van der Waals surface area (Å²) in [5.74, 6) is -1.04. The van der Waals surface area contributed by atoms with Gasteiger partial charge in [0.05, 0.1) is 10.6 Å².